The van der Waals surface area contributed by atoms with Crippen LogP contribution < -0.4 is 9.64 Å². The maximum absolute atomic E-state index is 12.1. The van der Waals surface area contributed by atoms with Crippen molar-refractivity contribution in [3.63, 3.8) is 0 Å². The molecule has 3 aliphatic rings. The van der Waals surface area contributed by atoms with Gasteiger partial charge in [0.2, 0.25) is 11.8 Å². The maximum atomic E-state index is 12.1. The summed E-state index contributed by atoms with van der Waals surface area (Å²) in [6.07, 6.45) is 10.2. The fourth-order valence-corrected chi connectivity index (χ4v) is 5.44. The molecule has 1 aliphatic carbocycles. The van der Waals surface area contributed by atoms with Gasteiger partial charge in [-0.2, -0.15) is 0 Å². The first-order chi connectivity index (χ1) is 18.4. The van der Waals surface area contributed by atoms with Gasteiger partial charge in [0, 0.05) is 31.2 Å². The number of carbonyl (C=O) groups excluding carboxylic acids is 3. The van der Waals surface area contributed by atoms with E-state index >= 15 is 0 Å². The van der Waals surface area contributed by atoms with Crippen LogP contribution in [-0.2, 0) is 33.7 Å². The molecule has 2 amide bonds. The topological polar surface area (TPSA) is 76.2 Å². The van der Waals surface area contributed by atoms with Gasteiger partial charge >= 0.3 is 5.97 Å². The molecule has 0 saturated heterocycles. The van der Waals surface area contributed by atoms with Crippen LogP contribution in [0.25, 0.3) is 0 Å². The number of esters is 1. The van der Waals surface area contributed by atoms with E-state index in [1.54, 1.807) is 23.1 Å². The van der Waals surface area contributed by atoms with Gasteiger partial charge in [-0.15, -0.1) is 0 Å². The zero-order chi connectivity index (χ0) is 27.1. The summed E-state index contributed by atoms with van der Waals surface area (Å²) in [5.74, 6) is 0.580. The Kier molecular flexibility index (Phi) is 9.00. The molecule has 2 aromatic carbocycles. The lowest BCUT2D eigenvalue weighted by molar-refractivity contribution is -0.128. The summed E-state index contributed by atoms with van der Waals surface area (Å²) < 4.78 is 10.2. The number of aryl methyl sites for hydroxylation is 1. The highest BCUT2D eigenvalue weighted by atomic mass is 16.5. The van der Waals surface area contributed by atoms with Crippen molar-refractivity contribution in [1.82, 2.24) is 4.90 Å². The summed E-state index contributed by atoms with van der Waals surface area (Å²) in [7, 11) is 1.36. The molecule has 0 bridgehead atoms. The molecule has 38 heavy (non-hydrogen) atoms. The van der Waals surface area contributed by atoms with E-state index < -0.39 is 0 Å². The second-order valence-corrected chi connectivity index (χ2v) is 9.78. The quantitative estimate of drug-likeness (QED) is 0.398. The highest BCUT2D eigenvalue weighted by Crippen LogP contribution is 2.30. The average molecular weight is 517 g/mol. The minimum absolute atomic E-state index is 0.0497. The molecule has 200 valence electrons. The Morgan fingerprint density at radius 1 is 1.03 bits per heavy atom. The number of amides is 2. The third-order valence-corrected chi connectivity index (χ3v) is 7.39. The van der Waals surface area contributed by atoms with Gasteiger partial charge < -0.3 is 19.3 Å². The molecular formula is C31H36N2O5. The fourth-order valence-electron chi connectivity index (χ4n) is 5.44. The van der Waals surface area contributed by atoms with Crippen molar-refractivity contribution in [2.75, 3.05) is 25.2 Å². The van der Waals surface area contributed by atoms with E-state index in [0.29, 0.717) is 24.7 Å². The molecule has 0 aromatic heterocycles. The Morgan fingerprint density at radius 2 is 1.82 bits per heavy atom. The number of fused-ring (bicyclic) bond motifs is 2. The van der Waals surface area contributed by atoms with Crippen molar-refractivity contribution in [1.29, 1.82) is 0 Å². The molecule has 0 radical (unpaired) electrons. The van der Waals surface area contributed by atoms with Gasteiger partial charge in [0.15, 0.2) is 0 Å². The van der Waals surface area contributed by atoms with Crippen molar-refractivity contribution in [2.45, 2.75) is 57.5 Å². The first-order valence-electron chi connectivity index (χ1n) is 13.3. The molecule has 2 aliphatic heterocycles. The molecular weight excluding hydrogens is 480 g/mol. The molecule has 0 atom stereocenters. The fraction of sp³-hybridized carbons (Fsp3) is 0.387. The molecule has 2 heterocycles. The number of methoxy groups -OCH3 is 1. The smallest absolute Gasteiger partial charge is 0.337 e. The number of anilines is 1. The average Bonchev–Trinajstić information content (AvgIpc) is 3.66. The van der Waals surface area contributed by atoms with Gasteiger partial charge in [-0.05, 0) is 78.8 Å². The minimum Gasteiger partial charge on any atom is -0.493 e. The first kappa shape index (κ1) is 27.2. The number of ether oxygens (including phenoxy) is 2. The normalized spacial score (nSPS) is 15.8. The largest absolute Gasteiger partial charge is 0.493 e. The molecule has 1 saturated carbocycles. The predicted molar refractivity (Wildman–Crippen MR) is 147 cm³/mol. The zero-order valence-electron chi connectivity index (χ0n) is 22.1. The monoisotopic (exact) mass is 516 g/mol. The van der Waals surface area contributed by atoms with Crippen LogP contribution in [0, 0.1) is 0 Å². The van der Waals surface area contributed by atoms with Crippen molar-refractivity contribution in [2.24, 2.45) is 0 Å². The molecule has 7 heteroatoms. The Hall–Kier alpha value is -3.87. The highest BCUT2D eigenvalue weighted by molar-refractivity contribution is 6.02. The van der Waals surface area contributed by atoms with Crippen LogP contribution in [0.4, 0.5) is 5.69 Å². The van der Waals surface area contributed by atoms with Crippen LogP contribution >= 0.6 is 0 Å². The Labute approximate surface area is 224 Å². The van der Waals surface area contributed by atoms with Crippen LogP contribution in [0.5, 0.6) is 5.75 Å². The standard InChI is InChI=1S/C17H21NO2.C14H15NO3/c1-2-17(19)18(15-5-3-4-6-15)12-13-7-8-16-14(11-13)9-10-20-16;1-3-13(16)15-8-4-5-10-9-11(14(17)18-2)6-7-12(10)15/h2,7-8,11,15H,1,3-6,9-10,12H2;3,6-7,9H,1,4-5,8H2,2H3. The zero-order valence-corrected chi connectivity index (χ0v) is 22.1. The van der Waals surface area contributed by atoms with Crippen LogP contribution in [0.2, 0.25) is 0 Å². The van der Waals surface area contributed by atoms with Crippen LogP contribution in [-0.4, -0.2) is 49.0 Å². The molecule has 0 N–H and O–H groups in total. The lowest BCUT2D eigenvalue weighted by atomic mass is 9.99. The maximum Gasteiger partial charge on any atom is 0.337 e. The summed E-state index contributed by atoms with van der Waals surface area (Å²) in [6.45, 7) is 9.29. The lowest BCUT2D eigenvalue weighted by Crippen LogP contribution is -2.37. The van der Waals surface area contributed by atoms with Gasteiger partial charge in [0.25, 0.3) is 0 Å². The summed E-state index contributed by atoms with van der Waals surface area (Å²) in [5.41, 5.74) is 4.83. The third kappa shape index (κ3) is 6.15. The van der Waals surface area contributed by atoms with Crippen molar-refractivity contribution in [3.8, 4) is 5.75 Å². The summed E-state index contributed by atoms with van der Waals surface area (Å²) in [5, 5.41) is 0. The SMILES string of the molecule is C=CC(=O)N(Cc1ccc2c(c1)CCO2)C1CCCC1.C=CC(=O)N1CCCc2cc(C(=O)OC)ccc21. The van der Waals surface area contributed by atoms with Crippen molar-refractivity contribution in [3.05, 3.63) is 84.0 Å². The first-order valence-corrected chi connectivity index (χ1v) is 13.3. The Bertz CT molecular complexity index is 1210. The minimum atomic E-state index is -0.357. The van der Waals surface area contributed by atoms with Gasteiger partial charge in [0.05, 0.1) is 19.3 Å². The highest BCUT2D eigenvalue weighted by Gasteiger charge is 2.26. The number of benzene rings is 2. The van der Waals surface area contributed by atoms with Crippen molar-refractivity contribution < 1.29 is 23.9 Å². The van der Waals surface area contributed by atoms with Gasteiger partial charge in [0.1, 0.15) is 5.75 Å². The number of hydrogen-bond donors (Lipinski definition) is 0. The summed E-state index contributed by atoms with van der Waals surface area (Å²) in [4.78, 5) is 39.0. The second kappa shape index (κ2) is 12.6. The van der Waals surface area contributed by atoms with E-state index in [-0.39, 0.29) is 17.8 Å². The Morgan fingerprint density at radius 3 is 2.53 bits per heavy atom. The number of carbonyl (C=O) groups is 3. The van der Waals surface area contributed by atoms with Gasteiger partial charge in [-0.3, -0.25) is 9.59 Å². The van der Waals surface area contributed by atoms with Crippen LogP contribution in [0.15, 0.2) is 61.7 Å². The molecule has 7 nitrogen and oxygen atoms in total. The number of hydrogen-bond acceptors (Lipinski definition) is 5. The van der Waals surface area contributed by atoms with Crippen LogP contribution in [0.1, 0.15) is 59.2 Å². The molecule has 5 rings (SSSR count). The van der Waals surface area contributed by atoms with E-state index in [0.717, 1.165) is 55.7 Å². The van der Waals surface area contributed by atoms with E-state index in [2.05, 4.69) is 30.0 Å². The van der Waals surface area contributed by atoms with Gasteiger partial charge in [-0.1, -0.05) is 38.1 Å². The van der Waals surface area contributed by atoms with Gasteiger partial charge in [-0.25, -0.2) is 4.79 Å². The molecule has 2 aromatic rings. The van der Waals surface area contributed by atoms with E-state index in [4.69, 9.17) is 4.74 Å². The summed E-state index contributed by atoms with van der Waals surface area (Å²) >= 11 is 0. The van der Waals surface area contributed by atoms with E-state index in [1.807, 2.05) is 11.0 Å². The van der Waals surface area contributed by atoms with E-state index in [1.165, 1.54) is 43.2 Å². The molecule has 0 spiro atoms. The predicted octanol–water partition coefficient (Wildman–Crippen LogP) is 5.02. The Balaban J connectivity index is 0.000000178. The van der Waals surface area contributed by atoms with Crippen LogP contribution in [0.3, 0.4) is 0 Å². The number of nitrogens with zero attached hydrogens (tertiary/aromatic N) is 2. The molecule has 0 unspecified atom stereocenters. The second-order valence-electron chi connectivity index (χ2n) is 9.78. The lowest BCUT2D eigenvalue weighted by Gasteiger charge is -2.28. The number of rotatable bonds is 6. The third-order valence-electron chi connectivity index (χ3n) is 7.39. The molecule has 1 fully saturated rings. The van der Waals surface area contributed by atoms with E-state index in [9.17, 15) is 14.4 Å². The summed E-state index contributed by atoms with van der Waals surface area (Å²) in [6, 6.07) is 11.9. The van der Waals surface area contributed by atoms with Crippen molar-refractivity contribution >= 4 is 23.5 Å².